The van der Waals surface area contributed by atoms with Gasteiger partial charge < -0.3 is 19.5 Å². The van der Waals surface area contributed by atoms with Gasteiger partial charge in [0.2, 0.25) is 0 Å². The van der Waals surface area contributed by atoms with Gasteiger partial charge in [0.05, 0.1) is 32.4 Å². The van der Waals surface area contributed by atoms with Crippen LogP contribution in [-0.4, -0.2) is 44.9 Å². The predicted octanol–water partition coefficient (Wildman–Crippen LogP) is 0.393. The molecule has 0 saturated carbocycles. The highest BCUT2D eigenvalue weighted by Crippen LogP contribution is 2.18. The fraction of sp³-hybridized carbons (Fsp3) is 0.545. The van der Waals surface area contributed by atoms with Gasteiger partial charge >= 0.3 is 18.0 Å². The Bertz CT molecular complexity index is 372. The third kappa shape index (κ3) is 4.44. The zero-order chi connectivity index (χ0) is 14.3. The van der Waals surface area contributed by atoms with Crippen molar-refractivity contribution in [2.75, 3.05) is 21.3 Å². The molecule has 0 aromatic carbocycles. The van der Waals surface area contributed by atoms with Gasteiger partial charge in [0.15, 0.2) is 0 Å². The van der Waals surface area contributed by atoms with Crippen molar-refractivity contribution >= 4 is 18.0 Å². The topological polar surface area (TPSA) is 90.9 Å². The standard InChI is InChI=1S/C11H17NO6/c1-11(2,12-10(15)18-5)7(9(14)17-4)6-8(13)16-3/h6H,1-5H3,(H,12,15)/b7-6+. The molecule has 0 rings (SSSR count). The number of hydrogen-bond donors (Lipinski definition) is 1. The lowest BCUT2D eigenvalue weighted by atomic mass is 9.93. The van der Waals surface area contributed by atoms with Gasteiger partial charge in [-0.2, -0.15) is 0 Å². The fourth-order valence-electron chi connectivity index (χ4n) is 1.15. The molecular weight excluding hydrogens is 242 g/mol. The normalized spacial score (nSPS) is 11.5. The van der Waals surface area contributed by atoms with Gasteiger partial charge in [0.1, 0.15) is 0 Å². The van der Waals surface area contributed by atoms with E-state index in [2.05, 4.69) is 19.5 Å². The van der Waals surface area contributed by atoms with E-state index in [0.29, 0.717) is 0 Å². The summed E-state index contributed by atoms with van der Waals surface area (Å²) < 4.78 is 13.4. The molecule has 18 heavy (non-hydrogen) atoms. The summed E-state index contributed by atoms with van der Waals surface area (Å²) in [4.78, 5) is 34.0. The largest absolute Gasteiger partial charge is 0.466 e. The molecule has 0 bridgehead atoms. The lowest BCUT2D eigenvalue weighted by molar-refractivity contribution is -0.139. The Hall–Kier alpha value is -2.05. The van der Waals surface area contributed by atoms with E-state index in [9.17, 15) is 14.4 Å². The zero-order valence-electron chi connectivity index (χ0n) is 11.0. The maximum Gasteiger partial charge on any atom is 0.407 e. The van der Waals surface area contributed by atoms with Crippen LogP contribution in [0.15, 0.2) is 11.6 Å². The summed E-state index contributed by atoms with van der Waals surface area (Å²) in [6, 6.07) is 0. The van der Waals surface area contributed by atoms with Crippen LogP contribution >= 0.6 is 0 Å². The van der Waals surface area contributed by atoms with E-state index in [4.69, 9.17) is 0 Å². The highest BCUT2D eigenvalue weighted by atomic mass is 16.5. The molecule has 0 fully saturated rings. The predicted molar refractivity (Wildman–Crippen MR) is 61.7 cm³/mol. The second-order valence-corrected chi connectivity index (χ2v) is 3.81. The van der Waals surface area contributed by atoms with Crippen LogP contribution in [0, 0.1) is 0 Å². The van der Waals surface area contributed by atoms with Crippen molar-refractivity contribution in [3.63, 3.8) is 0 Å². The van der Waals surface area contributed by atoms with Crippen molar-refractivity contribution in [2.45, 2.75) is 19.4 Å². The van der Waals surface area contributed by atoms with Gasteiger partial charge in [0.25, 0.3) is 0 Å². The number of ether oxygens (including phenoxy) is 3. The first kappa shape index (κ1) is 16.0. The van der Waals surface area contributed by atoms with Crippen molar-refractivity contribution in [3.05, 3.63) is 11.6 Å². The fourth-order valence-corrected chi connectivity index (χ4v) is 1.15. The summed E-state index contributed by atoms with van der Waals surface area (Å²) in [5.74, 6) is -1.48. The SMILES string of the molecule is COC(=O)/C=C(\C(=O)OC)C(C)(C)NC(=O)OC. The van der Waals surface area contributed by atoms with Gasteiger partial charge in [-0.1, -0.05) is 0 Å². The van der Waals surface area contributed by atoms with Gasteiger partial charge in [-0.25, -0.2) is 14.4 Å². The van der Waals surface area contributed by atoms with E-state index in [1.807, 2.05) is 0 Å². The molecule has 0 aliphatic rings. The minimum atomic E-state index is -1.14. The van der Waals surface area contributed by atoms with Crippen LogP contribution in [0.3, 0.4) is 0 Å². The molecule has 0 aromatic heterocycles. The van der Waals surface area contributed by atoms with E-state index in [1.165, 1.54) is 35.2 Å². The third-order valence-electron chi connectivity index (χ3n) is 2.14. The summed E-state index contributed by atoms with van der Waals surface area (Å²) in [5.41, 5.74) is -1.20. The summed E-state index contributed by atoms with van der Waals surface area (Å²) >= 11 is 0. The average Bonchev–Trinajstić information content (AvgIpc) is 2.33. The first-order valence-electron chi connectivity index (χ1n) is 5.03. The maximum absolute atomic E-state index is 11.6. The molecule has 1 N–H and O–H groups in total. The molecule has 0 spiro atoms. The number of hydrogen-bond acceptors (Lipinski definition) is 6. The van der Waals surface area contributed by atoms with Crippen molar-refractivity contribution in [2.24, 2.45) is 0 Å². The number of methoxy groups -OCH3 is 3. The zero-order valence-corrected chi connectivity index (χ0v) is 11.0. The lowest BCUT2D eigenvalue weighted by Gasteiger charge is -2.26. The van der Waals surface area contributed by atoms with Crippen LogP contribution in [0.25, 0.3) is 0 Å². The molecule has 0 saturated heterocycles. The number of nitrogens with one attached hydrogen (secondary N) is 1. The highest BCUT2D eigenvalue weighted by molar-refractivity contribution is 5.98. The van der Waals surface area contributed by atoms with Crippen LogP contribution in [0.5, 0.6) is 0 Å². The summed E-state index contributed by atoms with van der Waals surface area (Å²) in [6.07, 6.45) is 0.224. The second-order valence-electron chi connectivity index (χ2n) is 3.81. The Labute approximate surface area is 105 Å². The Kier molecular flexibility index (Phi) is 5.87. The molecule has 0 aliphatic heterocycles. The van der Waals surface area contributed by atoms with Crippen LogP contribution < -0.4 is 5.32 Å². The van der Waals surface area contributed by atoms with E-state index in [0.717, 1.165) is 6.08 Å². The molecule has 1 amide bonds. The van der Waals surface area contributed by atoms with E-state index in [-0.39, 0.29) is 5.57 Å². The van der Waals surface area contributed by atoms with Crippen LogP contribution in [0.1, 0.15) is 13.8 Å². The Morgan fingerprint density at radius 2 is 1.56 bits per heavy atom. The van der Waals surface area contributed by atoms with Gasteiger partial charge in [-0.05, 0) is 13.8 Å². The quantitative estimate of drug-likeness (QED) is 0.446. The minimum Gasteiger partial charge on any atom is -0.466 e. The maximum atomic E-state index is 11.6. The Morgan fingerprint density at radius 1 is 1.00 bits per heavy atom. The number of carbonyl (C=O) groups excluding carboxylic acids is 3. The molecule has 0 heterocycles. The number of carbonyl (C=O) groups is 3. The minimum absolute atomic E-state index is 0.0535. The molecule has 0 aromatic rings. The van der Waals surface area contributed by atoms with E-state index < -0.39 is 23.6 Å². The van der Waals surface area contributed by atoms with E-state index in [1.54, 1.807) is 0 Å². The monoisotopic (exact) mass is 259 g/mol. The van der Waals surface area contributed by atoms with Crippen LogP contribution in [-0.2, 0) is 23.8 Å². The average molecular weight is 259 g/mol. The summed E-state index contributed by atoms with van der Waals surface area (Å²) in [5, 5.41) is 2.41. The summed E-state index contributed by atoms with van der Waals surface area (Å²) in [7, 11) is 3.53. The first-order valence-corrected chi connectivity index (χ1v) is 5.03. The number of esters is 2. The first-order chi connectivity index (χ1) is 8.28. The van der Waals surface area contributed by atoms with Crippen LogP contribution in [0.4, 0.5) is 4.79 Å². The van der Waals surface area contributed by atoms with E-state index >= 15 is 0 Å². The summed E-state index contributed by atoms with van der Waals surface area (Å²) in [6.45, 7) is 3.05. The molecule has 0 unspecified atom stereocenters. The number of alkyl carbamates (subject to hydrolysis) is 1. The van der Waals surface area contributed by atoms with Crippen molar-refractivity contribution in [1.82, 2.24) is 5.32 Å². The van der Waals surface area contributed by atoms with Crippen molar-refractivity contribution in [1.29, 1.82) is 0 Å². The highest BCUT2D eigenvalue weighted by Gasteiger charge is 2.32. The van der Waals surface area contributed by atoms with Gasteiger partial charge in [0, 0.05) is 6.08 Å². The lowest BCUT2D eigenvalue weighted by Crippen LogP contribution is -2.47. The molecular formula is C11H17NO6. The molecule has 7 heteroatoms. The molecule has 0 aliphatic carbocycles. The molecule has 102 valence electrons. The second kappa shape index (κ2) is 6.63. The third-order valence-corrected chi connectivity index (χ3v) is 2.14. The smallest absolute Gasteiger partial charge is 0.407 e. The van der Waals surface area contributed by atoms with Crippen molar-refractivity contribution < 1.29 is 28.6 Å². The molecule has 7 nitrogen and oxygen atoms in total. The number of amides is 1. The van der Waals surface area contributed by atoms with Crippen LogP contribution in [0.2, 0.25) is 0 Å². The Morgan fingerprint density at radius 3 is 1.94 bits per heavy atom. The van der Waals surface area contributed by atoms with Gasteiger partial charge in [-0.15, -0.1) is 0 Å². The van der Waals surface area contributed by atoms with Crippen molar-refractivity contribution in [3.8, 4) is 0 Å². The molecule has 0 radical (unpaired) electrons. The number of rotatable bonds is 4. The Balaban J connectivity index is 5.30. The van der Waals surface area contributed by atoms with Gasteiger partial charge in [-0.3, -0.25) is 0 Å². The molecule has 0 atom stereocenters.